The van der Waals surface area contributed by atoms with E-state index >= 15 is 0 Å². The van der Waals surface area contributed by atoms with Gasteiger partial charge < -0.3 is 4.52 Å². The van der Waals surface area contributed by atoms with Crippen LogP contribution in [0.1, 0.15) is 18.6 Å². The predicted octanol–water partition coefficient (Wildman–Crippen LogP) is -0.562. The summed E-state index contributed by atoms with van der Waals surface area (Å²) in [5.41, 5.74) is -2.55. The molecule has 0 amide bonds. The maximum absolute atomic E-state index is 11.5. The Hall–Kier alpha value is -2.78. The van der Waals surface area contributed by atoms with E-state index < -0.39 is 21.9 Å². The highest BCUT2D eigenvalue weighted by Gasteiger charge is 2.16. The average Bonchev–Trinajstić information content (AvgIpc) is 2.80. The van der Waals surface area contributed by atoms with Crippen molar-refractivity contribution in [3.8, 4) is 0 Å². The van der Waals surface area contributed by atoms with Gasteiger partial charge in [-0.1, -0.05) is 12.1 Å². The van der Waals surface area contributed by atoms with E-state index in [2.05, 4.69) is 10.1 Å². The molecule has 0 aliphatic carbocycles. The first-order chi connectivity index (χ1) is 9.01. The van der Waals surface area contributed by atoms with E-state index in [1.165, 1.54) is 0 Å². The lowest BCUT2D eigenvalue weighted by Crippen LogP contribution is -2.31. The van der Waals surface area contributed by atoms with Crippen molar-refractivity contribution in [2.75, 3.05) is 0 Å². The third-order valence-electron chi connectivity index (χ3n) is 2.31. The fraction of sp³-hybridized carbons (Fsp3) is 0.333. The number of hydrogen-bond donors (Lipinski definition) is 1. The Morgan fingerprint density at radius 1 is 1.53 bits per heavy atom. The second-order valence-corrected chi connectivity index (χ2v) is 3.62. The van der Waals surface area contributed by atoms with Crippen LogP contribution in [0.3, 0.4) is 0 Å². The van der Waals surface area contributed by atoms with Crippen molar-refractivity contribution >= 4 is 5.69 Å². The monoisotopic (exact) mass is 267 g/mol. The topological polar surface area (TPSA) is 137 Å². The Bertz CT molecular complexity index is 727. The first-order valence-electron chi connectivity index (χ1n) is 5.31. The van der Waals surface area contributed by atoms with Crippen molar-refractivity contribution < 1.29 is 9.45 Å². The van der Waals surface area contributed by atoms with Gasteiger partial charge in [-0.15, -0.1) is 0 Å². The lowest BCUT2D eigenvalue weighted by molar-refractivity contribution is -0.386. The lowest BCUT2D eigenvalue weighted by Gasteiger charge is -2.00. The summed E-state index contributed by atoms with van der Waals surface area (Å²) >= 11 is 0. The van der Waals surface area contributed by atoms with E-state index in [4.69, 9.17) is 4.52 Å². The van der Waals surface area contributed by atoms with Crippen molar-refractivity contribution in [1.29, 1.82) is 0 Å². The molecule has 0 aromatic carbocycles. The van der Waals surface area contributed by atoms with Gasteiger partial charge >= 0.3 is 16.9 Å². The molecule has 2 aromatic heterocycles. The maximum Gasteiger partial charge on any atom is 0.350 e. The van der Waals surface area contributed by atoms with Crippen LogP contribution >= 0.6 is 0 Å². The highest BCUT2D eigenvalue weighted by molar-refractivity contribution is 5.21. The Balaban J connectivity index is 2.39. The zero-order chi connectivity index (χ0) is 14.0. The van der Waals surface area contributed by atoms with Gasteiger partial charge in [-0.25, -0.2) is 4.79 Å². The molecule has 0 spiro atoms. The molecular formula is C9H9N5O5. The van der Waals surface area contributed by atoms with Gasteiger partial charge in [-0.3, -0.25) is 24.5 Å². The van der Waals surface area contributed by atoms with Crippen LogP contribution in [0.4, 0.5) is 5.69 Å². The molecule has 2 rings (SSSR count). The van der Waals surface area contributed by atoms with Crippen LogP contribution in [0.25, 0.3) is 0 Å². The molecule has 0 unspecified atom stereocenters. The summed E-state index contributed by atoms with van der Waals surface area (Å²) in [7, 11) is 0. The van der Waals surface area contributed by atoms with Crippen LogP contribution in [0.15, 0.2) is 20.3 Å². The lowest BCUT2D eigenvalue weighted by atomic mass is 10.5. The summed E-state index contributed by atoms with van der Waals surface area (Å²) in [6, 6.07) is 0. The molecule has 0 aliphatic heterocycles. The van der Waals surface area contributed by atoms with Gasteiger partial charge in [0.2, 0.25) is 5.89 Å². The molecule has 0 aliphatic rings. The molecule has 2 aromatic rings. The maximum atomic E-state index is 11.5. The smallest absolute Gasteiger partial charge is 0.339 e. The zero-order valence-electron chi connectivity index (χ0n) is 9.82. The highest BCUT2D eigenvalue weighted by atomic mass is 16.6. The van der Waals surface area contributed by atoms with Crippen LogP contribution in [0, 0.1) is 10.1 Å². The van der Waals surface area contributed by atoms with E-state index in [-0.39, 0.29) is 12.4 Å². The van der Waals surface area contributed by atoms with Gasteiger partial charge in [0, 0.05) is 6.42 Å². The highest BCUT2D eigenvalue weighted by Crippen LogP contribution is 2.02. The number of nitrogens with one attached hydrogen (secondary N) is 1. The fourth-order valence-corrected chi connectivity index (χ4v) is 1.40. The van der Waals surface area contributed by atoms with E-state index in [1.807, 2.05) is 11.9 Å². The van der Waals surface area contributed by atoms with Crippen molar-refractivity contribution in [2.24, 2.45) is 0 Å². The van der Waals surface area contributed by atoms with E-state index in [1.54, 1.807) is 0 Å². The molecule has 0 atom stereocenters. The molecule has 0 bridgehead atoms. The Morgan fingerprint density at radius 3 is 2.84 bits per heavy atom. The van der Waals surface area contributed by atoms with Crippen molar-refractivity contribution in [1.82, 2.24) is 19.7 Å². The molecular weight excluding hydrogens is 258 g/mol. The molecule has 19 heavy (non-hydrogen) atoms. The number of H-pyrrole nitrogens is 1. The minimum Gasteiger partial charge on any atom is -0.339 e. The molecule has 0 saturated carbocycles. The van der Waals surface area contributed by atoms with Crippen LogP contribution in [-0.4, -0.2) is 24.6 Å². The van der Waals surface area contributed by atoms with E-state index in [9.17, 15) is 19.7 Å². The third-order valence-corrected chi connectivity index (χ3v) is 2.31. The van der Waals surface area contributed by atoms with Gasteiger partial charge in [0.25, 0.3) is 0 Å². The zero-order valence-corrected chi connectivity index (χ0v) is 9.82. The number of aromatic amines is 1. The summed E-state index contributed by atoms with van der Waals surface area (Å²) in [5.74, 6) is 0.585. The first kappa shape index (κ1) is 12.7. The molecule has 1 N–H and O–H groups in total. The molecule has 0 radical (unpaired) electrons. The first-order valence-corrected chi connectivity index (χ1v) is 5.31. The normalized spacial score (nSPS) is 10.6. The fourth-order valence-electron chi connectivity index (χ4n) is 1.40. The van der Waals surface area contributed by atoms with Gasteiger partial charge in [-0.05, 0) is 0 Å². The Morgan fingerprint density at radius 2 is 2.26 bits per heavy atom. The molecule has 0 saturated heterocycles. The summed E-state index contributed by atoms with van der Waals surface area (Å²) < 4.78 is 5.78. The largest absolute Gasteiger partial charge is 0.350 e. The van der Waals surface area contributed by atoms with E-state index in [0.29, 0.717) is 12.3 Å². The quantitative estimate of drug-likeness (QED) is 0.578. The number of aromatic nitrogens is 4. The average molecular weight is 267 g/mol. The molecule has 100 valence electrons. The Kier molecular flexibility index (Phi) is 3.23. The predicted molar refractivity (Wildman–Crippen MR) is 60.8 cm³/mol. The number of hydrogen-bond acceptors (Lipinski definition) is 7. The van der Waals surface area contributed by atoms with Crippen molar-refractivity contribution in [3.05, 3.63) is 48.9 Å². The van der Waals surface area contributed by atoms with Gasteiger partial charge in [0.15, 0.2) is 5.82 Å². The van der Waals surface area contributed by atoms with Crippen LogP contribution < -0.4 is 11.2 Å². The standard InChI is InChI=1S/C9H9N5O5/c1-2-7-10-6(12-19-7)4-13-3-5(14(17)18)8(15)11-9(13)16/h3H,2,4H2,1H3,(H,11,15,16). The second kappa shape index (κ2) is 4.84. The minimum atomic E-state index is -1.05. The number of aryl methyl sites for hydroxylation is 1. The SMILES string of the molecule is CCc1nc(Cn2cc([N+](=O)[O-])c(=O)[nH]c2=O)no1. The second-order valence-electron chi connectivity index (χ2n) is 3.62. The van der Waals surface area contributed by atoms with Crippen molar-refractivity contribution in [2.45, 2.75) is 19.9 Å². The van der Waals surface area contributed by atoms with Crippen LogP contribution in [0.5, 0.6) is 0 Å². The third kappa shape index (κ3) is 2.56. The van der Waals surface area contributed by atoms with Gasteiger partial charge in [-0.2, -0.15) is 4.98 Å². The molecule has 0 fully saturated rings. The summed E-state index contributed by atoms with van der Waals surface area (Å²) in [6.45, 7) is 1.69. The van der Waals surface area contributed by atoms with E-state index in [0.717, 1.165) is 10.8 Å². The summed E-state index contributed by atoms with van der Waals surface area (Å²) in [5, 5.41) is 14.2. The van der Waals surface area contributed by atoms with Crippen LogP contribution in [-0.2, 0) is 13.0 Å². The summed E-state index contributed by atoms with van der Waals surface area (Å²) in [6.07, 6.45) is 1.39. The number of rotatable bonds is 4. The number of nitro groups is 1. The minimum absolute atomic E-state index is 0.125. The summed E-state index contributed by atoms with van der Waals surface area (Å²) in [4.78, 5) is 38.2. The number of nitrogens with zero attached hydrogens (tertiary/aromatic N) is 4. The van der Waals surface area contributed by atoms with Gasteiger partial charge in [0.1, 0.15) is 0 Å². The Labute approximate surface area is 104 Å². The molecule has 10 heteroatoms. The molecule has 10 nitrogen and oxygen atoms in total. The van der Waals surface area contributed by atoms with Crippen LogP contribution in [0.2, 0.25) is 0 Å². The van der Waals surface area contributed by atoms with Gasteiger partial charge in [0.05, 0.1) is 17.7 Å². The van der Waals surface area contributed by atoms with Crippen molar-refractivity contribution in [3.63, 3.8) is 0 Å². The molecule has 2 heterocycles.